The van der Waals surface area contributed by atoms with Crippen LogP contribution in [-0.4, -0.2) is 41.5 Å². The van der Waals surface area contributed by atoms with Crippen LogP contribution in [0.4, 0.5) is 4.39 Å². The van der Waals surface area contributed by atoms with Crippen molar-refractivity contribution in [1.29, 1.82) is 0 Å². The van der Waals surface area contributed by atoms with Crippen molar-refractivity contribution in [1.82, 2.24) is 4.90 Å². The molecule has 1 fully saturated rings. The van der Waals surface area contributed by atoms with Crippen LogP contribution < -0.4 is 0 Å². The van der Waals surface area contributed by atoms with E-state index in [9.17, 15) is 14.3 Å². The molecule has 4 heteroatoms. The highest BCUT2D eigenvalue weighted by molar-refractivity contribution is 5.96. The van der Waals surface area contributed by atoms with Crippen molar-refractivity contribution in [3.05, 3.63) is 35.1 Å². The minimum atomic E-state index is -0.336. The third-order valence-corrected chi connectivity index (χ3v) is 4.45. The second-order valence-electron chi connectivity index (χ2n) is 6.04. The summed E-state index contributed by atoms with van der Waals surface area (Å²) in [7, 11) is 1.95. The van der Waals surface area contributed by atoms with Gasteiger partial charge in [-0.2, -0.15) is 0 Å². The van der Waals surface area contributed by atoms with E-state index in [2.05, 4.69) is 4.90 Å². The summed E-state index contributed by atoms with van der Waals surface area (Å²) in [6.45, 7) is 2.28. The maximum absolute atomic E-state index is 13.5. The van der Waals surface area contributed by atoms with E-state index in [0.717, 1.165) is 25.7 Å². The standard InChI is InChI=1S/C17H24FNO2/c1-12-7-8-13(11-14(12)18)16(20)9-10-19(2)15-5-3-4-6-17(15)21/h7-8,11,15,17,21H,3-6,9-10H2,1-2H3. The van der Waals surface area contributed by atoms with Crippen LogP contribution in [0, 0.1) is 12.7 Å². The lowest BCUT2D eigenvalue weighted by Gasteiger charge is -2.35. The molecule has 0 radical (unpaired) electrons. The van der Waals surface area contributed by atoms with Gasteiger partial charge in [-0.3, -0.25) is 4.79 Å². The number of hydrogen-bond acceptors (Lipinski definition) is 3. The maximum atomic E-state index is 13.5. The minimum absolute atomic E-state index is 0.0500. The second kappa shape index (κ2) is 7.14. The Bertz CT molecular complexity index is 504. The zero-order chi connectivity index (χ0) is 15.4. The van der Waals surface area contributed by atoms with E-state index < -0.39 is 0 Å². The molecule has 21 heavy (non-hydrogen) atoms. The van der Waals surface area contributed by atoms with Crippen molar-refractivity contribution in [3.8, 4) is 0 Å². The third-order valence-electron chi connectivity index (χ3n) is 4.45. The van der Waals surface area contributed by atoms with Crippen LogP contribution in [0.2, 0.25) is 0 Å². The number of likely N-dealkylation sites (N-methyl/N-ethyl adjacent to an activating group) is 1. The van der Waals surface area contributed by atoms with Gasteiger partial charge in [-0.1, -0.05) is 25.0 Å². The molecular formula is C17H24FNO2. The highest BCUT2D eigenvalue weighted by atomic mass is 19.1. The van der Waals surface area contributed by atoms with Crippen molar-refractivity contribution in [2.45, 2.75) is 51.2 Å². The smallest absolute Gasteiger partial charge is 0.164 e. The third kappa shape index (κ3) is 4.11. The van der Waals surface area contributed by atoms with Crippen LogP contribution >= 0.6 is 0 Å². The predicted octanol–water partition coefficient (Wildman–Crippen LogP) is 2.94. The normalized spacial score (nSPS) is 22.5. The summed E-state index contributed by atoms with van der Waals surface area (Å²) in [4.78, 5) is 14.2. The molecule has 1 N–H and O–H groups in total. The van der Waals surface area contributed by atoms with Crippen molar-refractivity contribution >= 4 is 5.78 Å². The quantitative estimate of drug-likeness (QED) is 0.849. The molecule has 116 valence electrons. The average molecular weight is 293 g/mol. The highest BCUT2D eigenvalue weighted by Crippen LogP contribution is 2.22. The lowest BCUT2D eigenvalue weighted by Crippen LogP contribution is -2.44. The number of aliphatic hydroxyl groups excluding tert-OH is 1. The SMILES string of the molecule is Cc1ccc(C(=O)CCN(C)C2CCCCC2O)cc1F. The molecule has 1 aromatic rings. The number of benzene rings is 1. The first-order valence-electron chi connectivity index (χ1n) is 7.66. The molecule has 0 saturated heterocycles. The van der Waals surface area contributed by atoms with Gasteiger partial charge in [0, 0.05) is 24.6 Å². The zero-order valence-corrected chi connectivity index (χ0v) is 12.8. The van der Waals surface area contributed by atoms with Gasteiger partial charge in [0.1, 0.15) is 5.82 Å². The molecular weight excluding hydrogens is 269 g/mol. The molecule has 2 rings (SSSR count). The van der Waals surface area contributed by atoms with E-state index in [4.69, 9.17) is 0 Å². The van der Waals surface area contributed by atoms with Crippen molar-refractivity contribution in [3.63, 3.8) is 0 Å². The van der Waals surface area contributed by atoms with Gasteiger partial charge in [0.25, 0.3) is 0 Å². The number of ketones is 1. The second-order valence-corrected chi connectivity index (χ2v) is 6.04. The van der Waals surface area contributed by atoms with Crippen LogP contribution in [0.15, 0.2) is 18.2 Å². The number of rotatable bonds is 5. The molecule has 0 heterocycles. The Kier molecular flexibility index (Phi) is 5.48. The number of halogens is 1. The first-order chi connectivity index (χ1) is 9.99. The summed E-state index contributed by atoms with van der Waals surface area (Å²) >= 11 is 0. The largest absolute Gasteiger partial charge is 0.391 e. The van der Waals surface area contributed by atoms with Crippen molar-refractivity contribution in [2.75, 3.05) is 13.6 Å². The van der Waals surface area contributed by atoms with Gasteiger partial charge in [-0.05, 0) is 38.4 Å². The Morgan fingerprint density at radius 3 is 2.76 bits per heavy atom. The van der Waals surface area contributed by atoms with Gasteiger partial charge in [0.15, 0.2) is 5.78 Å². The van der Waals surface area contributed by atoms with E-state index in [1.54, 1.807) is 19.1 Å². The van der Waals surface area contributed by atoms with Gasteiger partial charge >= 0.3 is 0 Å². The zero-order valence-electron chi connectivity index (χ0n) is 12.8. The Morgan fingerprint density at radius 2 is 2.10 bits per heavy atom. The number of carbonyl (C=O) groups is 1. The van der Waals surface area contributed by atoms with Crippen LogP contribution in [0.1, 0.15) is 48.0 Å². The topological polar surface area (TPSA) is 40.5 Å². The number of Topliss-reactive ketones (excluding diaryl/α,β-unsaturated/α-hetero) is 1. The summed E-state index contributed by atoms with van der Waals surface area (Å²) in [5.74, 6) is -0.386. The van der Waals surface area contributed by atoms with Crippen LogP contribution in [-0.2, 0) is 0 Å². The van der Waals surface area contributed by atoms with Crippen LogP contribution in [0.3, 0.4) is 0 Å². The van der Waals surface area contributed by atoms with Crippen molar-refractivity contribution < 1.29 is 14.3 Å². The molecule has 0 aromatic heterocycles. The van der Waals surface area contributed by atoms with E-state index >= 15 is 0 Å². The monoisotopic (exact) mass is 293 g/mol. The molecule has 1 aromatic carbocycles. The molecule has 3 nitrogen and oxygen atoms in total. The Labute approximate surface area is 125 Å². The number of aliphatic hydroxyl groups is 1. The first kappa shape index (κ1) is 16.1. The molecule has 0 bridgehead atoms. The average Bonchev–Trinajstić information content (AvgIpc) is 2.47. The number of hydrogen-bond donors (Lipinski definition) is 1. The number of aryl methyl sites for hydroxylation is 1. The molecule has 0 spiro atoms. The van der Waals surface area contributed by atoms with Gasteiger partial charge < -0.3 is 10.0 Å². The van der Waals surface area contributed by atoms with E-state index in [1.165, 1.54) is 6.07 Å². The summed E-state index contributed by atoms with van der Waals surface area (Å²) < 4.78 is 13.5. The summed E-state index contributed by atoms with van der Waals surface area (Å²) in [6, 6.07) is 4.77. The van der Waals surface area contributed by atoms with E-state index in [-0.39, 0.29) is 23.7 Å². The van der Waals surface area contributed by atoms with Crippen LogP contribution in [0.25, 0.3) is 0 Å². The lowest BCUT2D eigenvalue weighted by molar-refractivity contribution is 0.0315. The fraction of sp³-hybridized carbons (Fsp3) is 0.588. The van der Waals surface area contributed by atoms with Gasteiger partial charge in [0.05, 0.1) is 6.10 Å². The molecule has 2 unspecified atom stereocenters. The first-order valence-corrected chi connectivity index (χ1v) is 7.66. The van der Waals surface area contributed by atoms with Gasteiger partial charge in [-0.15, -0.1) is 0 Å². The number of carbonyl (C=O) groups excluding carboxylic acids is 1. The Balaban J connectivity index is 1.89. The summed E-state index contributed by atoms with van der Waals surface area (Å²) in [5.41, 5.74) is 0.977. The summed E-state index contributed by atoms with van der Waals surface area (Å²) in [5, 5.41) is 10.0. The maximum Gasteiger partial charge on any atom is 0.164 e. The summed E-state index contributed by atoms with van der Waals surface area (Å²) in [6.07, 6.45) is 4.07. The minimum Gasteiger partial charge on any atom is -0.391 e. The molecule has 0 amide bonds. The lowest BCUT2D eigenvalue weighted by atomic mass is 9.91. The predicted molar refractivity (Wildman–Crippen MR) is 81.0 cm³/mol. The van der Waals surface area contributed by atoms with E-state index in [0.29, 0.717) is 24.1 Å². The molecule has 0 aliphatic heterocycles. The van der Waals surface area contributed by atoms with Crippen molar-refractivity contribution in [2.24, 2.45) is 0 Å². The van der Waals surface area contributed by atoms with E-state index in [1.807, 2.05) is 7.05 Å². The molecule has 1 aliphatic carbocycles. The molecule has 1 saturated carbocycles. The number of nitrogens with zero attached hydrogens (tertiary/aromatic N) is 1. The molecule has 2 atom stereocenters. The highest BCUT2D eigenvalue weighted by Gasteiger charge is 2.26. The fourth-order valence-corrected chi connectivity index (χ4v) is 2.96. The van der Waals surface area contributed by atoms with Gasteiger partial charge in [0.2, 0.25) is 0 Å². The Hall–Kier alpha value is -1.26. The fourth-order valence-electron chi connectivity index (χ4n) is 2.96. The van der Waals surface area contributed by atoms with Gasteiger partial charge in [-0.25, -0.2) is 4.39 Å². The van der Waals surface area contributed by atoms with Crippen LogP contribution in [0.5, 0.6) is 0 Å². The molecule has 1 aliphatic rings. The Morgan fingerprint density at radius 1 is 1.38 bits per heavy atom.